The van der Waals surface area contributed by atoms with Crippen molar-refractivity contribution in [3.05, 3.63) is 15.5 Å². The first-order valence-corrected chi connectivity index (χ1v) is 4.76. The van der Waals surface area contributed by atoms with Gasteiger partial charge < -0.3 is 4.74 Å². The van der Waals surface area contributed by atoms with E-state index in [0.717, 1.165) is 11.4 Å². The molecule has 64 valence electrons. The van der Waals surface area contributed by atoms with Crippen LogP contribution in [0.1, 0.15) is 24.0 Å². The second-order valence-electron chi connectivity index (χ2n) is 2.52. The second-order valence-corrected chi connectivity index (χ2v) is 4.21. The van der Waals surface area contributed by atoms with Crippen molar-refractivity contribution in [1.82, 2.24) is 4.98 Å². The normalized spacial score (nSPS) is 22.8. The van der Waals surface area contributed by atoms with Crippen LogP contribution in [0.5, 0.6) is 0 Å². The fourth-order valence-corrected chi connectivity index (χ4v) is 2.11. The first-order valence-electron chi connectivity index (χ1n) is 3.56. The maximum Gasteiger partial charge on any atom is 0.306 e. The van der Waals surface area contributed by atoms with Gasteiger partial charge in [-0.3, -0.25) is 4.79 Å². The number of halogens is 1. The van der Waals surface area contributed by atoms with Gasteiger partial charge in [0.2, 0.25) is 0 Å². The monoisotopic (exact) mass is 203 g/mol. The van der Waals surface area contributed by atoms with Crippen molar-refractivity contribution in [2.45, 2.75) is 18.9 Å². The van der Waals surface area contributed by atoms with E-state index in [-0.39, 0.29) is 12.1 Å². The van der Waals surface area contributed by atoms with Gasteiger partial charge in [-0.2, -0.15) is 0 Å². The highest BCUT2D eigenvalue weighted by atomic mass is 35.5. The highest BCUT2D eigenvalue weighted by molar-refractivity contribution is 7.15. The van der Waals surface area contributed by atoms with Crippen LogP contribution in [0.15, 0.2) is 6.20 Å². The third-order valence-corrected chi connectivity index (χ3v) is 2.86. The lowest BCUT2D eigenvalue weighted by Gasteiger charge is -2.02. The van der Waals surface area contributed by atoms with Crippen molar-refractivity contribution in [3.8, 4) is 0 Å². The number of carbonyl (C=O) groups is 1. The minimum absolute atomic E-state index is 0.147. The Balaban J connectivity index is 2.15. The molecule has 3 nitrogen and oxygen atoms in total. The fraction of sp³-hybridized carbons (Fsp3) is 0.429. The van der Waals surface area contributed by atoms with Gasteiger partial charge in [-0.05, 0) is 0 Å². The molecule has 0 saturated carbocycles. The van der Waals surface area contributed by atoms with Crippen LogP contribution in [0.2, 0.25) is 4.34 Å². The Morgan fingerprint density at radius 1 is 1.75 bits per heavy atom. The molecule has 2 heterocycles. The number of ether oxygens (including phenoxy) is 1. The third kappa shape index (κ3) is 1.44. The fourth-order valence-electron chi connectivity index (χ4n) is 1.12. The zero-order valence-electron chi connectivity index (χ0n) is 6.12. The summed E-state index contributed by atoms with van der Waals surface area (Å²) in [6, 6.07) is 0. The zero-order valence-corrected chi connectivity index (χ0v) is 7.69. The van der Waals surface area contributed by atoms with E-state index >= 15 is 0 Å². The van der Waals surface area contributed by atoms with Gasteiger partial charge in [0.25, 0.3) is 0 Å². The van der Waals surface area contributed by atoms with Gasteiger partial charge >= 0.3 is 5.97 Å². The third-order valence-electron chi connectivity index (χ3n) is 1.66. The summed E-state index contributed by atoms with van der Waals surface area (Å²) in [5.74, 6) is -0.147. The van der Waals surface area contributed by atoms with Crippen molar-refractivity contribution in [1.29, 1.82) is 0 Å². The van der Waals surface area contributed by atoms with E-state index in [1.165, 1.54) is 11.3 Å². The molecule has 1 aliphatic rings. The van der Waals surface area contributed by atoms with E-state index in [0.29, 0.717) is 10.8 Å². The molecule has 1 fully saturated rings. The van der Waals surface area contributed by atoms with Gasteiger partial charge in [0.1, 0.15) is 9.34 Å². The van der Waals surface area contributed by atoms with Gasteiger partial charge in [0, 0.05) is 12.8 Å². The van der Waals surface area contributed by atoms with Gasteiger partial charge in [-0.25, -0.2) is 4.98 Å². The van der Waals surface area contributed by atoms with Crippen LogP contribution in [0.4, 0.5) is 0 Å². The number of cyclic esters (lactones) is 1. The lowest BCUT2D eigenvalue weighted by atomic mass is 10.2. The minimum Gasteiger partial charge on any atom is -0.455 e. The predicted octanol–water partition coefficient (Wildman–Crippen LogP) is 2.17. The molecule has 0 aromatic carbocycles. The predicted molar refractivity (Wildman–Crippen MR) is 45.2 cm³/mol. The molecule has 0 amide bonds. The maximum absolute atomic E-state index is 10.8. The molecule has 1 aromatic rings. The smallest absolute Gasteiger partial charge is 0.306 e. The van der Waals surface area contributed by atoms with Crippen LogP contribution in [0.3, 0.4) is 0 Å². The van der Waals surface area contributed by atoms with E-state index in [1.54, 1.807) is 6.20 Å². The van der Waals surface area contributed by atoms with E-state index in [9.17, 15) is 4.79 Å². The number of nitrogens with zero attached hydrogens (tertiary/aromatic N) is 1. The molecule has 0 aliphatic carbocycles. The number of hydrogen-bond donors (Lipinski definition) is 0. The molecule has 0 spiro atoms. The number of rotatable bonds is 1. The second kappa shape index (κ2) is 3.03. The quantitative estimate of drug-likeness (QED) is 0.657. The molecule has 0 bridgehead atoms. The van der Waals surface area contributed by atoms with Crippen molar-refractivity contribution in [3.63, 3.8) is 0 Å². The van der Waals surface area contributed by atoms with Crippen LogP contribution in [-0.2, 0) is 9.53 Å². The van der Waals surface area contributed by atoms with Crippen molar-refractivity contribution in [2.24, 2.45) is 0 Å². The van der Waals surface area contributed by atoms with Gasteiger partial charge in [-0.15, -0.1) is 11.3 Å². The van der Waals surface area contributed by atoms with Crippen molar-refractivity contribution < 1.29 is 9.53 Å². The molecule has 2 rings (SSSR count). The number of hydrogen-bond acceptors (Lipinski definition) is 4. The molecule has 1 aromatic heterocycles. The molecule has 1 atom stereocenters. The topological polar surface area (TPSA) is 39.2 Å². The Labute approximate surface area is 78.3 Å². The molecule has 12 heavy (non-hydrogen) atoms. The molecular weight excluding hydrogens is 198 g/mol. The number of esters is 1. The van der Waals surface area contributed by atoms with Crippen molar-refractivity contribution >= 4 is 28.9 Å². The molecule has 1 aliphatic heterocycles. The SMILES string of the molecule is O=C1CCC(c2ncc(Cl)s2)O1. The largest absolute Gasteiger partial charge is 0.455 e. The van der Waals surface area contributed by atoms with Crippen molar-refractivity contribution in [2.75, 3.05) is 0 Å². The van der Waals surface area contributed by atoms with Crippen LogP contribution in [0.25, 0.3) is 0 Å². The molecular formula is C7H6ClNO2S. The van der Waals surface area contributed by atoms with Gasteiger partial charge in [-0.1, -0.05) is 11.6 Å². The number of aromatic nitrogens is 1. The summed E-state index contributed by atoms with van der Waals surface area (Å²) in [5, 5.41) is 0.797. The van der Waals surface area contributed by atoms with Crippen LogP contribution >= 0.6 is 22.9 Å². The Bertz CT molecular complexity index is 312. The summed E-state index contributed by atoms with van der Waals surface area (Å²) >= 11 is 7.05. The summed E-state index contributed by atoms with van der Waals surface area (Å²) in [6.45, 7) is 0. The van der Waals surface area contributed by atoms with E-state index in [4.69, 9.17) is 16.3 Å². The van der Waals surface area contributed by atoms with E-state index in [1.807, 2.05) is 0 Å². The average molecular weight is 204 g/mol. The Morgan fingerprint density at radius 3 is 3.08 bits per heavy atom. The first-order chi connectivity index (χ1) is 5.75. The summed E-state index contributed by atoms with van der Waals surface area (Å²) in [6.07, 6.45) is 2.63. The van der Waals surface area contributed by atoms with Crippen LogP contribution in [-0.4, -0.2) is 11.0 Å². The number of carbonyl (C=O) groups excluding carboxylic acids is 1. The highest BCUT2D eigenvalue weighted by Gasteiger charge is 2.27. The summed E-state index contributed by atoms with van der Waals surface area (Å²) in [5.41, 5.74) is 0. The molecule has 0 radical (unpaired) electrons. The Hall–Kier alpha value is -0.610. The lowest BCUT2D eigenvalue weighted by molar-refractivity contribution is -0.141. The molecule has 1 unspecified atom stereocenters. The van der Waals surface area contributed by atoms with E-state index in [2.05, 4.69) is 4.98 Å². The van der Waals surface area contributed by atoms with Gasteiger partial charge in [0.05, 0.1) is 6.20 Å². The molecule has 1 saturated heterocycles. The number of thiazole rings is 1. The summed E-state index contributed by atoms with van der Waals surface area (Å²) in [4.78, 5) is 14.8. The molecule has 5 heteroatoms. The summed E-state index contributed by atoms with van der Waals surface area (Å²) < 4.78 is 5.64. The highest BCUT2D eigenvalue weighted by Crippen LogP contribution is 2.33. The summed E-state index contributed by atoms with van der Waals surface area (Å²) in [7, 11) is 0. The van der Waals surface area contributed by atoms with Gasteiger partial charge in [0.15, 0.2) is 6.10 Å². The standard InChI is InChI=1S/C7H6ClNO2S/c8-5-3-9-7(12-5)4-1-2-6(10)11-4/h3-4H,1-2H2. The first kappa shape index (κ1) is 8.01. The van der Waals surface area contributed by atoms with Crippen LogP contribution in [0, 0.1) is 0 Å². The minimum atomic E-state index is -0.157. The molecule has 0 N–H and O–H groups in total. The lowest BCUT2D eigenvalue weighted by Crippen LogP contribution is -1.97. The Kier molecular flexibility index (Phi) is 2.02. The van der Waals surface area contributed by atoms with Crippen LogP contribution < -0.4 is 0 Å². The Morgan fingerprint density at radius 2 is 2.58 bits per heavy atom. The zero-order chi connectivity index (χ0) is 8.55. The maximum atomic E-state index is 10.8. The average Bonchev–Trinajstić information content (AvgIpc) is 2.58. The van der Waals surface area contributed by atoms with E-state index < -0.39 is 0 Å².